The molecule has 0 aliphatic heterocycles. The minimum absolute atomic E-state index is 0.453. The molecule has 0 amide bonds. The Labute approximate surface area is 128 Å². The van der Waals surface area contributed by atoms with Crippen molar-refractivity contribution >= 4 is 22.5 Å². The van der Waals surface area contributed by atoms with Crippen molar-refractivity contribution in [1.29, 1.82) is 0 Å². The van der Waals surface area contributed by atoms with Gasteiger partial charge in [-0.1, -0.05) is 29.8 Å². The van der Waals surface area contributed by atoms with Gasteiger partial charge < -0.3 is 5.11 Å². The molecule has 0 saturated carbocycles. The lowest BCUT2D eigenvalue weighted by atomic mass is 9.98. The Hall–Kier alpha value is -1.97. The van der Waals surface area contributed by atoms with Gasteiger partial charge in [-0.25, -0.2) is 0 Å². The van der Waals surface area contributed by atoms with E-state index in [1.807, 2.05) is 43.3 Å². The van der Waals surface area contributed by atoms with Gasteiger partial charge >= 0.3 is 0 Å². The quantitative estimate of drug-likeness (QED) is 0.798. The second kappa shape index (κ2) is 5.80. The molecular formula is C17H15ClN2O. The SMILES string of the molecule is Cc1cc(C(O)Cc2ccncc2Cl)c2ccccc2n1. The first kappa shape index (κ1) is 14.0. The molecule has 1 atom stereocenters. The molecule has 0 fully saturated rings. The number of aliphatic hydroxyl groups excluding tert-OH is 1. The molecule has 0 radical (unpaired) electrons. The number of hydrogen-bond acceptors (Lipinski definition) is 3. The number of nitrogens with zero attached hydrogens (tertiary/aromatic N) is 2. The zero-order valence-corrected chi connectivity index (χ0v) is 12.4. The summed E-state index contributed by atoms with van der Waals surface area (Å²) < 4.78 is 0. The van der Waals surface area contributed by atoms with Crippen LogP contribution in [0.25, 0.3) is 10.9 Å². The van der Waals surface area contributed by atoms with Gasteiger partial charge in [0.2, 0.25) is 0 Å². The van der Waals surface area contributed by atoms with Gasteiger partial charge in [0, 0.05) is 29.9 Å². The van der Waals surface area contributed by atoms with Crippen molar-refractivity contribution in [2.45, 2.75) is 19.4 Å². The molecule has 0 aliphatic carbocycles. The Kier molecular flexibility index (Phi) is 3.86. The first-order valence-corrected chi connectivity index (χ1v) is 7.15. The molecule has 0 saturated heterocycles. The molecule has 4 heteroatoms. The third-order valence-electron chi connectivity index (χ3n) is 3.50. The number of aromatic nitrogens is 2. The third kappa shape index (κ3) is 2.89. The Morgan fingerprint density at radius 1 is 1.24 bits per heavy atom. The van der Waals surface area contributed by atoms with Crippen LogP contribution >= 0.6 is 11.6 Å². The number of hydrogen-bond donors (Lipinski definition) is 1. The molecule has 0 aliphatic rings. The highest BCUT2D eigenvalue weighted by Crippen LogP contribution is 2.28. The average molecular weight is 299 g/mol. The highest BCUT2D eigenvalue weighted by atomic mass is 35.5. The maximum absolute atomic E-state index is 10.6. The fraction of sp³-hybridized carbons (Fsp3) is 0.176. The predicted molar refractivity (Wildman–Crippen MR) is 84.4 cm³/mol. The summed E-state index contributed by atoms with van der Waals surface area (Å²) in [6.07, 6.45) is 3.11. The van der Waals surface area contributed by atoms with Crippen LogP contribution in [0.15, 0.2) is 48.8 Å². The smallest absolute Gasteiger partial charge is 0.0838 e. The van der Waals surface area contributed by atoms with E-state index >= 15 is 0 Å². The van der Waals surface area contributed by atoms with Gasteiger partial charge in [0.05, 0.1) is 16.6 Å². The van der Waals surface area contributed by atoms with Crippen molar-refractivity contribution in [3.63, 3.8) is 0 Å². The number of para-hydroxylation sites is 1. The van der Waals surface area contributed by atoms with Gasteiger partial charge in [0.25, 0.3) is 0 Å². The Morgan fingerprint density at radius 2 is 2.05 bits per heavy atom. The van der Waals surface area contributed by atoms with Crippen LogP contribution in [0.2, 0.25) is 5.02 Å². The van der Waals surface area contributed by atoms with Crippen LogP contribution in [-0.4, -0.2) is 15.1 Å². The summed E-state index contributed by atoms with van der Waals surface area (Å²) in [7, 11) is 0. The molecule has 1 N–H and O–H groups in total. The molecule has 21 heavy (non-hydrogen) atoms. The second-order valence-electron chi connectivity index (χ2n) is 5.06. The lowest BCUT2D eigenvalue weighted by molar-refractivity contribution is 0.180. The van der Waals surface area contributed by atoms with Crippen molar-refractivity contribution < 1.29 is 5.11 Å². The number of aliphatic hydroxyl groups is 1. The molecule has 0 spiro atoms. The molecule has 2 aromatic heterocycles. The Morgan fingerprint density at radius 3 is 2.86 bits per heavy atom. The summed E-state index contributed by atoms with van der Waals surface area (Å²) in [4.78, 5) is 8.46. The van der Waals surface area contributed by atoms with E-state index < -0.39 is 6.10 Å². The summed E-state index contributed by atoms with van der Waals surface area (Å²) >= 11 is 6.12. The third-order valence-corrected chi connectivity index (χ3v) is 3.85. The van der Waals surface area contributed by atoms with Crippen LogP contribution in [0.3, 0.4) is 0 Å². The van der Waals surface area contributed by atoms with Gasteiger partial charge in [0.15, 0.2) is 0 Å². The fourth-order valence-electron chi connectivity index (χ4n) is 2.50. The molecule has 1 aromatic carbocycles. The summed E-state index contributed by atoms with van der Waals surface area (Å²) in [5.41, 5.74) is 3.56. The molecule has 1 unspecified atom stereocenters. The standard InChI is InChI=1S/C17H15ClN2O/c1-11-8-14(13-4-2-3-5-16(13)20-11)17(21)9-12-6-7-19-10-15(12)18/h2-8,10,17,21H,9H2,1H3. The van der Waals surface area contributed by atoms with E-state index in [0.717, 1.165) is 27.7 Å². The van der Waals surface area contributed by atoms with E-state index in [4.69, 9.17) is 11.6 Å². The van der Waals surface area contributed by atoms with Crippen LogP contribution in [0.4, 0.5) is 0 Å². The van der Waals surface area contributed by atoms with Gasteiger partial charge in [-0.15, -0.1) is 0 Å². The lowest BCUT2D eigenvalue weighted by Gasteiger charge is -2.15. The van der Waals surface area contributed by atoms with E-state index in [1.54, 1.807) is 12.4 Å². The molecule has 3 rings (SSSR count). The average Bonchev–Trinajstić information content (AvgIpc) is 2.48. The maximum Gasteiger partial charge on any atom is 0.0838 e. The zero-order valence-electron chi connectivity index (χ0n) is 11.6. The lowest BCUT2D eigenvalue weighted by Crippen LogP contribution is -2.04. The Balaban J connectivity index is 2.02. The number of fused-ring (bicyclic) bond motifs is 1. The highest BCUT2D eigenvalue weighted by Gasteiger charge is 2.15. The van der Waals surface area contributed by atoms with E-state index in [0.29, 0.717) is 11.4 Å². The number of rotatable bonds is 3. The van der Waals surface area contributed by atoms with Crippen LogP contribution in [0.1, 0.15) is 22.9 Å². The molecule has 3 aromatic rings. The van der Waals surface area contributed by atoms with E-state index in [9.17, 15) is 5.11 Å². The number of benzene rings is 1. The highest BCUT2D eigenvalue weighted by molar-refractivity contribution is 6.31. The van der Waals surface area contributed by atoms with Gasteiger partial charge in [-0.3, -0.25) is 9.97 Å². The van der Waals surface area contributed by atoms with Crippen molar-refractivity contribution in [2.75, 3.05) is 0 Å². The largest absolute Gasteiger partial charge is 0.388 e. The van der Waals surface area contributed by atoms with Crippen LogP contribution in [0, 0.1) is 6.92 Å². The molecule has 0 bridgehead atoms. The van der Waals surface area contributed by atoms with Crippen LogP contribution in [0.5, 0.6) is 0 Å². The summed E-state index contributed by atoms with van der Waals surface area (Å²) in [6.45, 7) is 1.93. The van der Waals surface area contributed by atoms with Gasteiger partial charge in [-0.2, -0.15) is 0 Å². The Bertz CT molecular complexity index is 789. The van der Waals surface area contributed by atoms with Crippen LogP contribution < -0.4 is 0 Å². The van der Waals surface area contributed by atoms with Crippen molar-refractivity contribution in [3.05, 3.63) is 70.6 Å². The maximum atomic E-state index is 10.6. The summed E-state index contributed by atoms with van der Waals surface area (Å²) in [5.74, 6) is 0. The number of pyridine rings is 2. The molecular weight excluding hydrogens is 284 g/mol. The van der Waals surface area contributed by atoms with E-state index in [-0.39, 0.29) is 0 Å². The molecule has 3 nitrogen and oxygen atoms in total. The number of aryl methyl sites for hydroxylation is 1. The first-order chi connectivity index (χ1) is 10.1. The minimum Gasteiger partial charge on any atom is -0.388 e. The monoisotopic (exact) mass is 298 g/mol. The van der Waals surface area contributed by atoms with Crippen molar-refractivity contribution in [2.24, 2.45) is 0 Å². The van der Waals surface area contributed by atoms with Gasteiger partial charge in [0.1, 0.15) is 0 Å². The summed E-state index contributed by atoms with van der Waals surface area (Å²) in [6, 6.07) is 11.6. The molecule has 106 valence electrons. The molecule has 2 heterocycles. The van der Waals surface area contributed by atoms with Gasteiger partial charge in [-0.05, 0) is 36.2 Å². The first-order valence-electron chi connectivity index (χ1n) is 6.78. The van der Waals surface area contributed by atoms with Crippen LogP contribution in [-0.2, 0) is 6.42 Å². The normalized spacial score (nSPS) is 12.5. The second-order valence-corrected chi connectivity index (χ2v) is 5.46. The topological polar surface area (TPSA) is 46.0 Å². The van der Waals surface area contributed by atoms with E-state index in [1.165, 1.54) is 0 Å². The van der Waals surface area contributed by atoms with Crippen molar-refractivity contribution in [1.82, 2.24) is 9.97 Å². The summed E-state index contributed by atoms with van der Waals surface area (Å²) in [5, 5.41) is 12.2. The van der Waals surface area contributed by atoms with E-state index in [2.05, 4.69) is 9.97 Å². The predicted octanol–water partition coefficient (Wildman–Crippen LogP) is 3.87. The minimum atomic E-state index is -0.628. The zero-order chi connectivity index (χ0) is 14.8. The number of halogens is 1. The van der Waals surface area contributed by atoms with Crippen molar-refractivity contribution in [3.8, 4) is 0 Å². The fourth-order valence-corrected chi connectivity index (χ4v) is 2.70.